The number of ether oxygens (including phenoxy) is 3. The van der Waals surface area contributed by atoms with Gasteiger partial charge in [0.25, 0.3) is 0 Å². The average molecular weight is 1680 g/mol. The Morgan fingerprint density at radius 2 is 0.453 bits per heavy atom. The number of esters is 3. The van der Waals surface area contributed by atoms with Gasteiger partial charge in [0.1, 0.15) is 25.4 Å². The smallest absolute Gasteiger partial charge is 0.463 e. The van der Waals surface area contributed by atoms with Crippen molar-refractivity contribution in [3.05, 3.63) is 158 Å². The molecular weight excluding hydrogens is 1510 g/mol. The maximum atomic E-state index is 13.0. The summed E-state index contributed by atoms with van der Waals surface area (Å²) in [4.78, 5) is 58.9. The Balaban J connectivity index is 4.37. The van der Waals surface area contributed by atoms with E-state index >= 15 is 0 Å². The van der Waals surface area contributed by atoms with Crippen molar-refractivity contribution < 1.29 is 75.8 Å². The number of hydrogen-bond donors (Lipinski definition) is 4. The maximum absolute atomic E-state index is 13.0. The normalized spacial score (nSPS) is 14.5. The van der Waals surface area contributed by atoms with E-state index in [1.165, 1.54) is 173 Å². The van der Waals surface area contributed by atoms with Crippen molar-refractivity contribution >= 4 is 33.6 Å². The highest BCUT2D eigenvalue weighted by Crippen LogP contribution is 2.45. The number of aliphatic hydroxyl groups excluding tert-OH is 2. The molecule has 0 aliphatic rings. The minimum Gasteiger partial charge on any atom is -0.463 e. The third-order valence-electron chi connectivity index (χ3n) is 19.7. The summed E-state index contributed by atoms with van der Waals surface area (Å²) in [5, 5.41) is 20.7. The first-order chi connectivity index (χ1) is 57.2. The maximum Gasteiger partial charge on any atom is 0.472 e. The number of phosphoric acid groups is 2. The van der Waals surface area contributed by atoms with Gasteiger partial charge in [-0.15, -0.1) is 0 Å². The fourth-order valence-corrected chi connectivity index (χ4v) is 14.3. The van der Waals surface area contributed by atoms with Crippen LogP contribution < -0.4 is 0 Å². The van der Waals surface area contributed by atoms with Crippen molar-refractivity contribution in [3.63, 3.8) is 0 Å². The van der Waals surface area contributed by atoms with Crippen molar-refractivity contribution in [3.8, 4) is 0 Å². The van der Waals surface area contributed by atoms with Crippen molar-refractivity contribution in [1.82, 2.24) is 0 Å². The predicted octanol–water partition coefficient (Wildman–Crippen LogP) is 28.9. The summed E-state index contributed by atoms with van der Waals surface area (Å²) in [6.07, 6.45) is 116. The zero-order valence-corrected chi connectivity index (χ0v) is 75.9. The van der Waals surface area contributed by atoms with Crippen LogP contribution in [0.5, 0.6) is 0 Å². The van der Waals surface area contributed by atoms with E-state index in [1.54, 1.807) is 0 Å². The van der Waals surface area contributed by atoms with Crippen LogP contribution in [-0.4, -0.2) is 95.9 Å². The minimum atomic E-state index is -4.94. The SMILES string of the molecule is CC/C=C\C/C=C\C/C=C\C/C=C\C/C=C\C/C=C\CCCCCCCCCCCCCCCCCCC(=O)OCC(O)COP(=O)(O)OCC(O)COP(=O)(O)OCC(COC(=O)CCCCCCCCCCCCCCCCCCC/C=C\C/C=C\C/C=C\C/C=C\C/C=C\CC)OC(=O)CCCCCCC/C=C\C/C=C\CCC. The monoisotopic (exact) mass is 1680 g/mol. The third-order valence-corrected chi connectivity index (χ3v) is 21.6. The summed E-state index contributed by atoms with van der Waals surface area (Å²) in [5.41, 5.74) is 0. The van der Waals surface area contributed by atoms with Gasteiger partial charge >= 0.3 is 33.6 Å². The summed E-state index contributed by atoms with van der Waals surface area (Å²) in [7, 11) is -9.80. The van der Waals surface area contributed by atoms with E-state index in [0.717, 1.165) is 161 Å². The lowest BCUT2D eigenvalue weighted by molar-refractivity contribution is -0.161. The van der Waals surface area contributed by atoms with Gasteiger partial charge in [-0.25, -0.2) is 9.13 Å². The molecule has 0 aromatic heterocycles. The van der Waals surface area contributed by atoms with E-state index in [2.05, 4.69) is 179 Å². The van der Waals surface area contributed by atoms with Crippen LogP contribution in [0.25, 0.3) is 0 Å². The Labute approximate surface area is 714 Å². The molecule has 0 spiro atoms. The van der Waals surface area contributed by atoms with Crippen molar-refractivity contribution in [2.24, 2.45) is 0 Å². The lowest BCUT2D eigenvalue weighted by Crippen LogP contribution is -2.30. The molecule has 0 fully saturated rings. The van der Waals surface area contributed by atoms with E-state index in [0.29, 0.717) is 19.3 Å². The number of allylic oxidation sites excluding steroid dienone is 26. The van der Waals surface area contributed by atoms with Crippen LogP contribution in [-0.2, 0) is 55.8 Å². The topological polar surface area (TPSA) is 231 Å². The molecule has 0 aliphatic carbocycles. The third kappa shape index (κ3) is 91.7. The summed E-state index contributed by atoms with van der Waals surface area (Å²) < 4.78 is 61.4. The summed E-state index contributed by atoms with van der Waals surface area (Å²) >= 11 is 0. The van der Waals surface area contributed by atoms with Gasteiger partial charge in [0.05, 0.1) is 26.4 Å². The molecule has 0 saturated carbocycles. The van der Waals surface area contributed by atoms with Gasteiger partial charge < -0.3 is 34.2 Å². The van der Waals surface area contributed by atoms with Gasteiger partial charge in [-0.3, -0.25) is 32.5 Å². The molecule has 672 valence electrons. The molecule has 0 rings (SSSR count). The van der Waals surface area contributed by atoms with Crippen LogP contribution in [0, 0.1) is 0 Å². The lowest BCUT2D eigenvalue weighted by Gasteiger charge is -2.21. The van der Waals surface area contributed by atoms with Gasteiger partial charge in [-0.05, 0) is 141 Å². The molecule has 5 atom stereocenters. The lowest BCUT2D eigenvalue weighted by atomic mass is 10.0. The standard InChI is InChI=1S/C99H170O16P2/c1-4-7-10-13-16-19-22-25-27-29-31-33-35-37-39-41-43-45-46-48-50-51-53-55-57-59-61-63-65-68-70-73-76-79-82-85-97(102)109-88-94(100)89-111-116(105,106)112-90-95(101)91-113-117(107,108)114-93-96(115-99(104)87-84-81-78-75-72-67-24-21-18-15-12-9-6-3)92-110-98(103)86-83-80-77-74-71-69-66-64-62-60-58-56-54-52-49-47-44-42-40-38-36-34-32-30-28-26-23-20-17-14-11-8-5-2/h7-8,10-12,15-17,19-21,24-28,31-34,37-40,43,45,94-96,100-101H,4-6,9,13-14,18,22-23,29-30,35-36,41-42,44,46-93H2,1-3H3,(H,105,106)(H,107,108)/b10-7-,11-8-,15-12-,19-16-,20-17-,24-21-,27-25-,28-26-,33-31-,34-32-,39-37-,40-38-,45-43-. The first-order valence-corrected chi connectivity index (χ1v) is 49.8. The van der Waals surface area contributed by atoms with E-state index in [1.807, 2.05) is 0 Å². The molecular formula is C99H170O16P2. The average Bonchev–Trinajstić information content (AvgIpc) is 0.900. The molecule has 0 aromatic rings. The van der Waals surface area contributed by atoms with Gasteiger partial charge in [0.2, 0.25) is 0 Å². The summed E-state index contributed by atoms with van der Waals surface area (Å²) in [6.45, 7) is 2.42. The van der Waals surface area contributed by atoms with Gasteiger partial charge in [0, 0.05) is 19.3 Å². The van der Waals surface area contributed by atoms with Crippen LogP contribution in [0.1, 0.15) is 393 Å². The van der Waals surface area contributed by atoms with Crippen LogP contribution in [0.3, 0.4) is 0 Å². The van der Waals surface area contributed by atoms with E-state index in [4.69, 9.17) is 32.3 Å². The Morgan fingerprint density at radius 1 is 0.248 bits per heavy atom. The van der Waals surface area contributed by atoms with Gasteiger partial charge in [0.15, 0.2) is 6.10 Å². The molecule has 0 aromatic carbocycles. The Morgan fingerprint density at radius 3 is 0.718 bits per heavy atom. The summed E-state index contributed by atoms with van der Waals surface area (Å²) in [5.74, 6) is -1.58. The van der Waals surface area contributed by atoms with Crippen LogP contribution in [0.15, 0.2) is 158 Å². The second kappa shape index (κ2) is 90.4. The predicted molar refractivity (Wildman–Crippen MR) is 491 cm³/mol. The zero-order chi connectivity index (χ0) is 85.1. The van der Waals surface area contributed by atoms with Crippen LogP contribution in [0.2, 0.25) is 0 Å². The number of carbonyl (C=O) groups is 3. The number of unbranched alkanes of at least 4 members (excludes halogenated alkanes) is 39. The highest BCUT2D eigenvalue weighted by Gasteiger charge is 2.29. The van der Waals surface area contributed by atoms with E-state index in [9.17, 15) is 43.5 Å². The van der Waals surface area contributed by atoms with Crippen molar-refractivity contribution in [1.29, 1.82) is 0 Å². The number of phosphoric ester groups is 2. The molecule has 0 aliphatic heterocycles. The highest BCUT2D eigenvalue weighted by atomic mass is 31.2. The van der Waals surface area contributed by atoms with E-state index in [-0.39, 0.29) is 19.3 Å². The zero-order valence-electron chi connectivity index (χ0n) is 74.1. The molecule has 0 bridgehead atoms. The molecule has 0 radical (unpaired) electrons. The first-order valence-electron chi connectivity index (χ1n) is 46.8. The Hall–Kier alpha value is -4.83. The minimum absolute atomic E-state index is 0.0879. The Bertz CT molecular complexity index is 2760. The second-order valence-corrected chi connectivity index (χ2v) is 34.0. The highest BCUT2D eigenvalue weighted by molar-refractivity contribution is 7.47. The number of carbonyl (C=O) groups excluding carboxylic acids is 3. The van der Waals surface area contributed by atoms with Gasteiger partial charge in [-0.1, -0.05) is 391 Å². The molecule has 18 heteroatoms. The molecule has 0 heterocycles. The van der Waals surface area contributed by atoms with Crippen molar-refractivity contribution in [2.75, 3.05) is 39.6 Å². The largest absolute Gasteiger partial charge is 0.472 e. The molecule has 0 saturated heterocycles. The van der Waals surface area contributed by atoms with Crippen LogP contribution >= 0.6 is 15.6 Å². The van der Waals surface area contributed by atoms with Gasteiger partial charge in [-0.2, -0.15) is 0 Å². The van der Waals surface area contributed by atoms with Crippen LogP contribution in [0.4, 0.5) is 0 Å². The quantitative estimate of drug-likeness (QED) is 0.0146. The van der Waals surface area contributed by atoms with Crippen molar-refractivity contribution in [2.45, 2.75) is 411 Å². The molecule has 16 nitrogen and oxygen atoms in total. The number of rotatable bonds is 88. The Kier molecular flexibility index (Phi) is 86.7. The molecule has 117 heavy (non-hydrogen) atoms. The number of aliphatic hydroxyl groups is 2. The van der Waals surface area contributed by atoms with E-state index < -0.39 is 91.5 Å². The molecule has 0 amide bonds. The fraction of sp³-hybridized carbons (Fsp3) is 0.707. The molecule has 5 unspecified atom stereocenters. The number of hydrogen-bond acceptors (Lipinski definition) is 14. The molecule has 4 N–H and O–H groups in total. The first kappa shape index (κ1) is 112. The summed E-state index contributed by atoms with van der Waals surface area (Å²) in [6, 6.07) is 0. The second-order valence-electron chi connectivity index (χ2n) is 31.0. The fourth-order valence-electron chi connectivity index (χ4n) is 12.7.